The van der Waals surface area contributed by atoms with Gasteiger partial charge in [-0.25, -0.2) is 0 Å². The number of aromatic nitrogens is 2. The van der Waals surface area contributed by atoms with Gasteiger partial charge in [-0.3, -0.25) is 4.68 Å². The summed E-state index contributed by atoms with van der Waals surface area (Å²) in [5.41, 5.74) is 2.44. The molecule has 0 saturated heterocycles. The minimum absolute atomic E-state index is 0.658. The first-order chi connectivity index (χ1) is 7.60. The molecule has 0 spiro atoms. The summed E-state index contributed by atoms with van der Waals surface area (Å²) >= 11 is 7.31. The topological polar surface area (TPSA) is 17.8 Å². The minimum Gasteiger partial charge on any atom is -0.268 e. The lowest BCUT2D eigenvalue weighted by Gasteiger charge is -2.08. The van der Waals surface area contributed by atoms with E-state index in [1.807, 2.05) is 0 Å². The molecule has 0 radical (unpaired) electrons. The summed E-state index contributed by atoms with van der Waals surface area (Å²) in [6.07, 6.45) is 4.76. The number of aryl methyl sites for hydroxylation is 2. The van der Waals surface area contributed by atoms with Crippen LogP contribution in [0, 0.1) is 6.92 Å². The van der Waals surface area contributed by atoms with E-state index in [9.17, 15) is 0 Å². The van der Waals surface area contributed by atoms with Crippen LogP contribution in [-0.2, 0) is 13.0 Å². The Kier molecular flexibility index (Phi) is 6.05. The number of hydrogen-bond donors (Lipinski definition) is 0. The normalized spacial score (nSPS) is 13.1. The molecule has 0 aliphatic rings. The molecule has 1 unspecified atom stereocenters. The van der Waals surface area contributed by atoms with E-state index in [1.165, 1.54) is 29.4 Å². The van der Waals surface area contributed by atoms with E-state index in [2.05, 4.69) is 62.4 Å². The van der Waals surface area contributed by atoms with Crippen molar-refractivity contribution in [2.45, 2.75) is 57.8 Å². The number of nitrogens with zero attached hydrogens (tertiary/aromatic N) is 2. The maximum Gasteiger partial charge on any atom is 0.0738 e. The van der Waals surface area contributed by atoms with Gasteiger partial charge in [-0.15, -0.1) is 0 Å². The van der Waals surface area contributed by atoms with Crippen molar-refractivity contribution < 1.29 is 0 Å². The standard InChI is InChI=1S/C12H20Br2N2/c1-4-10(13)7-6-8-11-12(14)9(3)15-16(11)5-2/h10H,4-8H2,1-3H3. The molecule has 1 atom stereocenters. The SMILES string of the molecule is CCC(Br)CCCc1c(Br)c(C)nn1CC. The summed E-state index contributed by atoms with van der Waals surface area (Å²) in [7, 11) is 0. The second kappa shape index (κ2) is 6.80. The van der Waals surface area contributed by atoms with Crippen molar-refractivity contribution in [3.63, 3.8) is 0 Å². The first kappa shape index (κ1) is 14.2. The molecule has 0 saturated carbocycles. The fraction of sp³-hybridized carbons (Fsp3) is 0.750. The summed E-state index contributed by atoms with van der Waals surface area (Å²) < 4.78 is 3.30. The van der Waals surface area contributed by atoms with Crippen molar-refractivity contribution in [3.05, 3.63) is 15.9 Å². The number of hydrogen-bond acceptors (Lipinski definition) is 1. The Bertz CT molecular complexity index is 334. The van der Waals surface area contributed by atoms with E-state index in [4.69, 9.17) is 0 Å². The zero-order valence-electron chi connectivity index (χ0n) is 10.3. The second-order valence-corrected chi connectivity index (χ2v) is 6.15. The highest BCUT2D eigenvalue weighted by molar-refractivity contribution is 9.10. The van der Waals surface area contributed by atoms with Crippen LogP contribution in [0.1, 0.15) is 44.5 Å². The van der Waals surface area contributed by atoms with Gasteiger partial charge in [-0.05, 0) is 55.5 Å². The van der Waals surface area contributed by atoms with Gasteiger partial charge in [-0.1, -0.05) is 22.9 Å². The van der Waals surface area contributed by atoms with E-state index in [0.717, 1.165) is 18.7 Å². The molecule has 1 aromatic heterocycles. The van der Waals surface area contributed by atoms with Crippen LogP contribution in [-0.4, -0.2) is 14.6 Å². The Morgan fingerprint density at radius 3 is 2.62 bits per heavy atom. The van der Waals surface area contributed by atoms with Gasteiger partial charge in [0.15, 0.2) is 0 Å². The monoisotopic (exact) mass is 350 g/mol. The Hall–Kier alpha value is 0.170. The third-order valence-electron chi connectivity index (χ3n) is 2.83. The Morgan fingerprint density at radius 1 is 1.38 bits per heavy atom. The lowest BCUT2D eigenvalue weighted by atomic mass is 10.1. The first-order valence-corrected chi connectivity index (χ1v) is 7.66. The summed E-state index contributed by atoms with van der Waals surface area (Å²) in [6.45, 7) is 7.36. The van der Waals surface area contributed by atoms with Crippen LogP contribution >= 0.6 is 31.9 Å². The summed E-state index contributed by atoms with van der Waals surface area (Å²) in [5, 5.41) is 4.50. The molecule has 0 fully saturated rings. The van der Waals surface area contributed by atoms with Crippen molar-refractivity contribution in [3.8, 4) is 0 Å². The largest absolute Gasteiger partial charge is 0.268 e. The van der Waals surface area contributed by atoms with E-state index in [0.29, 0.717) is 4.83 Å². The second-order valence-electron chi connectivity index (χ2n) is 4.06. The highest BCUT2D eigenvalue weighted by Crippen LogP contribution is 2.23. The zero-order chi connectivity index (χ0) is 12.1. The Morgan fingerprint density at radius 2 is 2.06 bits per heavy atom. The zero-order valence-corrected chi connectivity index (χ0v) is 13.4. The van der Waals surface area contributed by atoms with Crippen molar-refractivity contribution in [2.24, 2.45) is 0 Å². The first-order valence-electron chi connectivity index (χ1n) is 5.95. The lowest BCUT2D eigenvalue weighted by molar-refractivity contribution is 0.592. The lowest BCUT2D eigenvalue weighted by Crippen LogP contribution is -2.04. The van der Waals surface area contributed by atoms with Crippen molar-refractivity contribution in [1.82, 2.24) is 9.78 Å². The van der Waals surface area contributed by atoms with Gasteiger partial charge < -0.3 is 0 Å². The van der Waals surface area contributed by atoms with Crippen LogP contribution in [0.4, 0.5) is 0 Å². The Labute approximate surface area is 115 Å². The molecule has 0 aliphatic heterocycles. The molecule has 1 heterocycles. The average Bonchev–Trinajstić information content (AvgIpc) is 2.56. The molecular weight excluding hydrogens is 332 g/mol. The summed E-state index contributed by atoms with van der Waals surface area (Å²) in [5.74, 6) is 0. The summed E-state index contributed by atoms with van der Waals surface area (Å²) in [4.78, 5) is 0.658. The van der Waals surface area contributed by atoms with Gasteiger partial charge in [0.25, 0.3) is 0 Å². The van der Waals surface area contributed by atoms with Crippen LogP contribution in [0.25, 0.3) is 0 Å². The number of rotatable bonds is 6. The Balaban J connectivity index is 2.59. The maximum atomic E-state index is 4.50. The van der Waals surface area contributed by atoms with E-state index in [1.54, 1.807) is 0 Å². The molecular formula is C12H20Br2N2. The van der Waals surface area contributed by atoms with E-state index < -0.39 is 0 Å². The molecule has 1 rings (SSSR count). The maximum absolute atomic E-state index is 4.50. The molecule has 16 heavy (non-hydrogen) atoms. The van der Waals surface area contributed by atoms with Gasteiger partial charge in [-0.2, -0.15) is 5.10 Å². The van der Waals surface area contributed by atoms with Crippen molar-refractivity contribution >= 4 is 31.9 Å². The minimum atomic E-state index is 0.658. The van der Waals surface area contributed by atoms with Crippen LogP contribution in [0.3, 0.4) is 0 Å². The van der Waals surface area contributed by atoms with Gasteiger partial charge >= 0.3 is 0 Å². The molecule has 4 heteroatoms. The van der Waals surface area contributed by atoms with Crippen LogP contribution < -0.4 is 0 Å². The molecule has 92 valence electrons. The van der Waals surface area contributed by atoms with Gasteiger partial charge in [0.1, 0.15) is 0 Å². The smallest absolute Gasteiger partial charge is 0.0738 e. The van der Waals surface area contributed by atoms with Crippen molar-refractivity contribution in [1.29, 1.82) is 0 Å². The quantitative estimate of drug-likeness (QED) is 0.691. The number of halogens is 2. The third kappa shape index (κ3) is 3.59. The van der Waals surface area contributed by atoms with Gasteiger partial charge in [0.2, 0.25) is 0 Å². The fourth-order valence-corrected chi connectivity index (χ4v) is 2.61. The predicted octanol–water partition coefficient (Wildman–Crippen LogP) is 4.47. The molecule has 0 aromatic carbocycles. The van der Waals surface area contributed by atoms with Crippen LogP contribution in [0.5, 0.6) is 0 Å². The third-order valence-corrected chi connectivity index (χ3v) is 4.96. The number of alkyl halides is 1. The molecule has 2 nitrogen and oxygen atoms in total. The molecule has 0 bridgehead atoms. The summed E-state index contributed by atoms with van der Waals surface area (Å²) in [6, 6.07) is 0. The van der Waals surface area contributed by atoms with Crippen LogP contribution in [0.15, 0.2) is 4.47 Å². The van der Waals surface area contributed by atoms with Crippen molar-refractivity contribution in [2.75, 3.05) is 0 Å². The van der Waals surface area contributed by atoms with Gasteiger partial charge in [0, 0.05) is 11.4 Å². The van der Waals surface area contributed by atoms with E-state index >= 15 is 0 Å². The molecule has 0 aliphatic carbocycles. The van der Waals surface area contributed by atoms with Crippen LogP contribution in [0.2, 0.25) is 0 Å². The predicted molar refractivity (Wildman–Crippen MR) is 76.3 cm³/mol. The highest BCUT2D eigenvalue weighted by atomic mass is 79.9. The highest BCUT2D eigenvalue weighted by Gasteiger charge is 2.12. The molecule has 0 N–H and O–H groups in total. The van der Waals surface area contributed by atoms with E-state index in [-0.39, 0.29) is 0 Å². The molecule has 0 amide bonds. The fourth-order valence-electron chi connectivity index (χ4n) is 1.80. The van der Waals surface area contributed by atoms with Gasteiger partial charge in [0.05, 0.1) is 15.9 Å². The molecule has 1 aromatic rings. The average molecular weight is 352 g/mol.